The fourth-order valence-corrected chi connectivity index (χ4v) is 3.87. The van der Waals surface area contributed by atoms with E-state index in [1.54, 1.807) is 0 Å². The van der Waals surface area contributed by atoms with Crippen LogP contribution in [0.25, 0.3) is 0 Å². The van der Waals surface area contributed by atoms with Crippen molar-refractivity contribution >= 4 is 5.91 Å². The lowest BCUT2D eigenvalue weighted by Gasteiger charge is -2.42. The van der Waals surface area contributed by atoms with Gasteiger partial charge < -0.3 is 10.0 Å². The predicted molar refractivity (Wildman–Crippen MR) is 104 cm³/mol. The summed E-state index contributed by atoms with van der Waals surface area (Å²) >= 11 is 0. The third-order valence-electron chi connectivity index (χ3n) is 5.88. The molecular formula is C23H28NO2. The Labute approximate surface area is 156 Å². The molecule has 3 heteroatoms. The average Bonchev–Trinajstić information content (AvgIpc) is 2.69. The van der Waals surface area contributed by atoms with Crippen LogP contribution < -0.4 is 0 Å². The van der Waals surface area contributed by atoms with Gasteiger partial charge in [0.05, 0.1) is 5.60 Å². The monoisotopic (exact) mass is 350 g/mol. The van der Waals surface area contributed by atoms with Crippen LogP contribution in [0.4, 0.5) is 0 Å². The molecule has 1 saturated heterocycles. The number of benzene rings is 2. The first-order chi connectivity index (χ1) is 12.5. The van der Waals surface area contributed by atoms with E-state index in [1.165, 1.54) is 5.56 Å². The Morgan fingerprint density at radius 1 is 1.08 bits per heavy atom. The zero-order valence-electron chi connectivity index (χ0n) is 15.7. The van der Waals surface area contributed by atoms with Crippen LogP contribution in [0.5, 0.6) is 0 Å². The van der Waals surface area contributed by atoms with Crippen molar-refractivity contribution in [2.75, 3.05) is 13.1 Å². The predicted octanol–water partition coefficient (Wildman–Crippen LogP) is 4.14. The molecule has 2 aromatic rings. The molecule has 0 aromatic heterocycles. The van der Waals surface area contributed by atoms with Crippen LogP contribution in [-0.4, -0.2) is 34.6 Å². The minimum atomic E-state index is -0.747. The Kier molecular flexibility index (Phi) is 5.77. The average molecular weight is 350 g/mol. The smallest absolute Gasteiger partial charge is 0.223 e. The molecule has 0 aliphatic carbocycles. The van der Waals surface area contributed by atoms with E-state index in [0.717, 1.165) is 5.56 Å². The molecule has 1 heterocycles. The summed E-state index contributed by atoms with van der Waals surface area (Å²) in [6.45, 7) is 5.42. The van der Waals surface area contributed by atoms with E-state index >= 15 is 0 Å². The van der Waals surface area contributed by atoms with E-state index in [-0.39, 0.29) is 17.7 Å². The standard InChI is InChI=1S/C23H28NO2/c1-18(20-9-5-3-6-10-20)17-22(25)24-15-13-23(26,14-16-24)19(2)21-11-7-4-8-12-21/h3,5-12,18-19,26H,13-17H2,1-2H3/t18-,19+/m1/s1. The third kappa shape index (κ3) is 4.16. The van der Waals surface area contributed by atoms with Gasteiger partial charge in [-0.2, -0.15) is 0 Å². The molecule has 1 amide bonds. The van der Waals surface area contributed by atoms with Crippen molar-refractivity contribution in [1.29, 1.82) is 0 Å². The van der Waals surface area contributed by atoms with Crippen molar-refractivity contribution in [2.24, 2.45) is 0 Å². The Balaban J connectivity index is 1.57. The van der Waals surface area contributed by atoms with Gasteiger partial charge in [-0.05, 0) is 36.0 Å². The molecule has 26 heavy (non-hydrogen) atoms. The number of aliphatic hydroxyl groups is 1. The topological polar surface area (TPSA) is 40.5 Å². The fraction of sp³-hybridized carbons (Fsp3) is 0.435. The summed E-state index contributed by atoms with van der Waals surface area (Å²) in [6.07, 6.45) is 1.77. The summed E-state index contributed by atoms with van der Waals surface area (Å²) in [5.41, 5.74) is 1.58. The van der Waals surface area contributed by atoms with Crippen LogP contribution in [-0.2, 0) is 4.79 Å². The lowest BCUT2D eigenvalue weighted by atomic mass is 9.77. The van der Waals surface area contributed by atoms with Gasteiger partial charge in [-0.3, -0.25) is 4.79 Å². The van der Waals surface area contributed by atoms with Gasteiger partial charge in [-0.25, -0.2) is 0 Å². The minimum Gasteiger partial charge on any atom is -0.389 e. The van der Waals surface area contributed by atoms with E-state index in [2.05, 4.69) is 32.0 Å². The van der Waals surface area contributed by atoms with Crippen LogP contribution in [0, 0.1) is 6.07 Å². The van der Waals surface area contributed by atoms with Crippen molar-refractivity contribution in [3.05, 3.63) is 71.8 Å². The first kappa shape index (κ1) is 18.7. The van der Waals surface area contributed by atoms with Gasteiger partial charge in [0, 0.05) is 25.4 Å². The van der Waals surface area contributed by atoms with Crippen LogP contribution in [0.2, 0.25) is 0 Å². The normalized spacial score (nSPS) is 19.0. The van der Waals surface area contributed by atoms with Crippen molar-refractivity contribution < 1.29 is 9.90 Å². The number of carbonyl (C=O) groups excluding carboxylic acids is 1. The maximum Gasteiger partial charge on any atom is 0.223 e. The van der Waals surface area contributed by atoms with Crippen molar-refractivity contribution in [3.8, 4) is 0 Å². The number of piperidine rings is 1. The number of likely N-dealkylation sites (tertiary alicyclic amines) is 1. The molecule has 0 bridgehead atoms. The quantitative estimate of drug-likeness (QED) is 0.880. The first-order valence-electron chi connectivity index (χ1n) is 9.51. The molecule has 0 saturated carbocycles. The van der Waals surface area contributed by atoms with Gasteiger partial charge in [-0.15, -0.1) is 0 Å². The molecule has 0 spiro atoms. The number of rotatable bonds is 5. The highest BCUT2D eigenvalue weighted by atomic mass is 16.3. The Hall–Kier alpha value is -2.13. The molecule has 2 atom stereocenters. The highest BCUT2D eigenvalue weighted by Gasteiger charge is 2.39. The Morgan fingerprint density at radius 3 is 2.31 bits per heavy atom. The second-order valence-corrected chi connectivity index (χ2v) is 7.56. The highest BCUT2D eigenvalue weighted by Crippen LogP contribution is 2.36. The Morgan fingerprint density at radius 2 is 1.69 bits per heavy atom. The molecule has 1 N–H and O–H groups in total. The maximum atomic E-state index is 12.7. The first-order valence-corrected chi connectivity index (χ1v) is 9.51. The third-order valence-corrected chi connectivity index (χ3v) is 5.88. The number of carbonyl (C=O) groups is 1. The van der Waals surface area contributed by atoms with Crippen molar-refractivity contribution in [1.82, 2.24) is 4.90 Å². The maximum absolute atomic E-state index is 12.7. The van der Waals surface area contributed by atoms with Gasteiger partial charge in [0.1, 0.15) is 0 Å². The van der Waals surface area contributed by atoms with E-state index in [9.17, 15) is 9.90 Å². The molecule has 1 aliphatic heterocycles. The number of hydrogen-bond acceptors (Lipinski definition) is 2. The summed E-state index contributed by atoms with van der Waals surface area (Å²) in [5.74, 6) is 0.451. The zero-order valence-corrected chi connectivity index (χ0v) is 15.7. The fourth-order valence-electron chi connectivity index (χ4n) is 3.87. The molecule has 3 rings (SSSR count). The van der Waals surface area contributed by atoms with Crippen LogP contribution in [0.15, 0.2) is 54.6 Å². The highest BCUT2D eigenvalue weighted by molar-refractivity contribution is 5.77. The molecule has 0 unspecified atom stereocenters. The van der Waals surface area contributed by atoms with Crippen LogP contribution >= 0.6 is 0 Å². The van der Waals surface area contributed by atoms with Gasteiger partial charge in [0.25, 0.3) is 0 Å². The number of amides is 1. The lowest BCUT2D eigenvalue weighted by Crippen LogP contribution is -2.49. The van der Waals surface area contributed by atoms with Crippen molar-refractivity contribution in [2.45, 2.75) is 50.5 Å². The van der Waals surface area contributed by atoms with Gasteiger partial charge in [-0.1, -0.05) is 68.4 Å². The Bertz CT molecular complexity index is 706. The zero-order chi connectivity index (χ0) is 18.6. The summed E-state index contributed by atoms with van der Waals surface area (Å²) < 4.78 is 0. The summed E-state index contributed by atoms with van der Waals surface area (Å²) in [5, 5.41) is 11.1. The summed E-state index contributed by atoms with van der Waals surface area (Å²) in [6, 6.07) is 21.0. The summed E-state index contributed by atoms with van der Waals surface area (Å²) in [4.78, 5) is 14.6. The molecule has 1 fully saturated rings. The summed E-state index contributed by atoms with van der Waals surface area (Å²) in [7, 11) is 0. The van der Waals surface area contributed by atoms with Crippen molar-refractivity contribution in [3.63, 3.8) is 0 Å². The van der Waals surface area contributed by atoms with E-state index in [1.807, 2.05) is 47.4 Å². The second-order valence-electron chi connectivity index (χ2n) is 7.56. The number of hydrogen-bond donors (Lipinski definition) is 1. The minimum absolute atomic E-state index is 0.0533. The van der Waals surface area contributed by atoms with Gasteiger partial charge >= 0.3 is 0 Å². The van der Waals surface area contributed by atoms with E-state index in [4.69, 9.17) is 0 Å². The molecule has 1 aliphatic rings. The van der Waals surface area contributed by atoms with Crippen LogP contribution in [0.1, 0.15) is 56.1 Å². The van der Waals surface area contributed by atoms with E-state index in [0.29, 0.717) is 32.4 Å². The van der Waals surface area contributed by atoms with Gasteiger partial charge in [0.2, 0.25) is 5.91 Å². The van der Waals surface area contributed by atoms with Crippen LogP contribution in [0.3, 0.4) is 0 Å². The second kappa shape index (κ2) is 8.05. The molecular weight excluding hydrogens is 322 g/mol. The van der Waals surface area contributed by atoms with E-state index < -0.39 is 5.60 Å². The lowest BCUT2D eigenvalue weighted by molar-refractivity contribution is -0.136. The SMILES string of the molecule is C[C@H](CC(=O)N1CCC(O)([C@@H](C)c2cc[c]cc2)CC1)c1ccccc1. The molecule has 2 aromatic carbocycles. The number of nitrogens with zero attached hydrogens (tertiary/aromatic N) is 1. The molecule has 137 valence electrons. The molecule has 1 radical (unpaired) electrons. The van der Waals surface area contributed by atoms with Gasteiger partial charge in [0.15, 0.2) is 0 Å². The molecule has 3 nitrogen and oxygen atoms in total. The largest absolute Gasteiger partial charge is 0.389 e.